The van der Waals surface area contributed by atoms with E-state index in [0.29, 0.717) is 39.1 Å². The third-order valence-electron chi connectivity index (χ3n) is 3.12. The average molecular weight is 337 g/mol. The van der Waals surface area contributed by atoms with Gasteiger partial charge in [0.25, 0.3) is 0 Å². The number of hydrogen-bond donors (Lipinski definition) is 0. The van der Waals surface area contributed by atoms with E-state index in [4.69, 9.17) is 27.5 Å². The fraction of sp³-hybridized carbons (Fsp3) is 1.00. The molecule has 2 unspecified atom stereocenters. The molecule has 1 aliphatic heterocycles. The van der Waals surface area contributed by atoms with E-state index in [0.717, 1.165) is 25.5 Å². The molecule has 6 nitrogen and oxygen atoms in total. The van der Waals surface area contributed by atoms with Crippen LogP contribution in [0, 0.1) is 0 Å². The Morgan fingerprint density at radius 2 is 1.82 bits per heavy atom. The van der Waals surface area contributed by atoms with E-state index in [2.05, 4.69) is 6.92 Å². The summed E-state index contributed by atoms with van der Waals surface area (Å²) < 4.78 is 33.9. The normalized spacial score (nSPS) is 19.4. The Morgan fingerprint density at radius 1 is 1.14 bits per heavy atom. The van der Waals surface area contributed by atoms with Crippen LogP contribution in [0.15, 0.2) is 0 Å². The first-order valence-electron chi connectivity index (χ1n) is 8.42. The number of ether oxygens (including phenoxy) is 3. The van der Waals surface area contributed by atoms with Crippen molar-refractivity contribution < 1.29 is 27.5 Å². The van der Waals surface area contributed by atoms with E-state index in [-0.39, 0.29) is 6.29 Å². The van der Waals surface area contributed by atoms with Crippen LogP contribution in [-0.4, -0.2) is 60.8 Å². The summed E-state index contributed by atoms with van der Waals surface area (Å²) in [6.45, 7) is 11.9. The molecule has 1 fully saturated rings. The largest absolute Gasteiger partial charge is 0.502 e. The fourth-order valence-corrected chi connectivity index (χ4v) is 4.83. The lowest BCUT2D eigenvalue weighted by atomic mass is 10.5. The summed E-state index contributed by atoms with van der Waals surface area (Å²) in [5.41, 5.74) is 0. The Labute approximate surface area is 135 Å². The van der Waals surface area contributed by atoms with Crippen molar-refractivity contribution in [2.24, 2.45) is 0 Å². The van der Waals surface area contributed by atoms with Crippen LogP contribution in [-0.2, 0) is 27.5 Å². The fourth-order valence-electron chi connectivity index (χ4n) is 2.14. The summed E-state index contributed by atoms with van der Waals surface area (Å²) in [6, 6.07) is 0.812. The molecular formula is C15H32O6Si. The van der Waals surface area contributed by atoms with Crippen molar-refractivity contribution in [3.05, 3.63) is 0 Å². The molecule has 0 bridgehead atoms. The van der Waals surface area contributed by atoms with Gasteiger partial charge >= 0.3 is 8.80 Å². The second kappa shape index (κ2) is 11.5. The van der Waals surface area contributed by atoms with Crippen molar-refractivity contribution >= 4 is 8.80 Å². The monoisotopic (exact) mass is 336 g/mol. The molecule has 0 aliphatic carbocycles. The van der Waals surface area contributed by atoms with E-state index in [1.54, 1.807) is 0 Å². The molecule has 1 heterocycles. The first-order valence-corrected chi connectivity index (χ1v) is 10.4. The highest BCUT2D eigenvalue weighted by molar-refractivity contribution is 6.60. The minimum absolute atomic E-state index is 0.321. The van der Waals surface area contributed by atoms with Gasteiger partial charge in [0.15, 0.2) is 0 Å². The van der Waals surface area contributed by atoms with Gasteiger partial charge in [-0.25, -0.2) is 0 Å². The lowest BCUT2D eigenvalue weighted by Gasteiger charge is -2.31. The Balaban J connectivity index is 2.20. The SMILES string of the molecule is CCC[Si](OCC)(OCC)OC(C)OCCCOCC1CO1. The highest BCUT2D eigenvalue weighted by Crippen LogP contribution is 2.20. The van der Waals surface area contributed by atoms with Crippen molar-refractivity contribution in [3.63, 3.8) is 0 Å². The van der Waals surface area contributed by atoms with E-state index in [9.17, 15) is 0 Å². The molecule has 132 valence electrons. The van der Waals surface area contributed by atoms with Gasteiger partial charge in [0.2, 0.25) is 0 Å². The summed E-state index contributed by atoms with van der Waals surface area (Å²) in [6.07, 6.45) is 1.80. The predicted octanol–water partition coefficient (Wildman–Crippen LogP) is 2.59. The van der Waals surface area contributed by atoms with Crippen LogP contribution in [0.3, 0.4) is 0 Å². The first-order chi connectivity index (χ1) is 10.7. The Bertz CT molecular complexity index is 258. The third-order valence-corrected chi connectivity index (χ3v) is 6.38. The van der Waals surface area contributed by atoms with Crippen LogP contribution in [0.2, 0.25) is 6.04 Å². The molecule has 0 spiro atoms. The molecule has 2 atom stereocenters. The maximum atomic E-state index is 6.03. The van der Waals surface area contributed by atoms with Gasteiger partial charge in [0.05, 0.1) is 19.8 Å². The van der Waals surface area contributed by atoms with Crippen LogP contribution in [0.5, 0.6) is 0 Å². The zero-order valence-electron chi connectivity index (χ0n) is 14.5. The molecule has 0 aromatic rings. The second-order valence-electron chi connectivity index (χ2n) is 5.24. The number of epoxide rings is 1. The van der Waals surface area contributed by atoms with E-state index < -0.39 is 8.80 Å². The van der Waals surface area contributed by atoms with Gasteiger partial charge < -0.3 is 27.5 Å². The van der Waals surface area contributed by atoms with Crippen LogP contribution >= 0.6 is 0 Å². The van der Waals surface area contributed by atoms with Crippen LogP contribution < -0.4 is 0 Å². The van der Waals surface area contributed by atoms with Gasteiger partial charge in [-0.05, 0) is 27.2 Å². The second-order valence-corrected chi connectivity index (χ2v) is 7.92. The van der Waals surface area contributed by atoms with Crippen molar-refractivity contribution in [1.29, 1.82) is 0 Å². The average Bonchev–Trinajstić information content (AvgIpc) is 3.27. The zero-order chi connectivity index (χ0) is 16.3. The zero-order valence-corrected chi connectivity index (χ0v) is 15.5. The first kappa shape index (κ1) is 20.0. The molecule has 0 saturated carbocycles. The Morgan fingerprint density at radius 3 is 2.36 bits per heavy atom. The summed E-state index contributed by atoms with van der Waals surface area (Å²) in [5, 5.41) is 0. The minimum atomic E-state index is -2.61. The predicted molar refractivity (Wildman–Crippen MR) is 85.8 cm³/mol. The quantitative estimate of drug-likeness (QED) is 0.198. The Kier molecular flexibility index (Phi) is 10.5. The summed E-state index contributed by atoms with van der Waals surface area (Å²) in [5.74, 6) is 0. The van der Waals surface area contributed by atoms with Crippen LogP contribution in [0.4, 0.5) is 0 Å². The molecule has 0 aromatic carbocycles. The highest BCUT2D eigenvalue weighted by atomic mass is 28.4. The lowest BCUT2D eigenvalue weighted by molar-refractivity contribution is -0.111. The summed E-state index contributed by atoms with van der Waals surface area (Å²) in [7, 11) is -2.61. The van der Waals surface area contributed by atoms with Gasteiger partial charge in [-0.2, -0.15) is 0 Å². The van der Waals surface area contributed by atoms with Crippen LogP contribution in [0.1, 0.15) is 40.5 Å². The number of rotatable bonds is 15. The van der Waals surface area contributed by atoms with Crippen LogP contribution in [0.25, 0.3) is 0 Å². The van der Waals surface area contributed by atoms with Gasteiger partial charge in [-0.3, -0.25) is 0 Å². The third kappa shape index (κ3) is 8.57. The van der Waals surface area contributed by atoms with Gasteiger partial charge in [0, 0.05) is 25.9 Å². The Hall–Kier alpha value is -0.0231. The molecule has 1 rings (SSSR count). The molecular weight excluding hydrogens is 304 g/mol. The van der Waals surface area contributed by atoms with Crippen molar-refractivity contribution in [3.8, 4) is 0 Å². The minimum Gasteiger partial charge on any atom is -0.379 e. The lowest BCUT2D eigenvalue weighted by Crippen LogP contribution is -2.48. The molecule has 1 aliphatic rings. The van der Waals surface area contributed by atoms with Crippen molar-refractivity contribution in [2.75, 3.05) is 39.6 Å². The summed E-state index contributed by atoms with van der Waals surface area (Å²) in [4.78, 5) is 0. The molecule has 0 radical (unpaired) electrons. The smallest absolute Gasteiger partial charge is 0.379 e. The van der Waals surface area contributed by atoms with E-state index >= 15 is 0 Å². The van der Waals surface area contributed by atoms with E-state index in [1.807, 2.05) is 20.8 Å². The molecule has 0 aromatic heterocycles. The maximum absolute atomic E-state index is 6.03. The molecule has 22 heavy (non-hydrogen) atoms. The van der Waals surface area contributed by atoms with E-state index in [1.165, 1.54) is 0 Å². The number of hydrogen-bond acceptors (Lipinski definition) is 6. The standard InChI is InChI=1S/C15H32O6Si/c1-5-11-22(19-6-2,20-7-3)21-14(4)17-10-8-9-16-12-15-13-18-15/h14-15H,5-13H2,1-4H3. The van der Waals surface area contributed by atoms with Gasteiger partial charge in [-0.1, -0.05) is 13.3 Å². The van der Waals surface area contributed by atoms with Gasteiger partial charge in [0.1, 0.15) is 12.4 Å². The summed E-state index contributed by atoms with van der Waals surface area (Å²) >= 11 is 0. The highest BCUT2D eigenvalue weighted by Gasteiger charge is 2.41. The molecule has 0 amide bonds. The maximum Gasteiger partial charge on any atom is 0.502 e. The molecule has 7 heteroatoms. The van der Waals surface area contributed by atoms with Crippen molar-refractivity contribution in [1.82, 2.24) is 0 Å². The molecule has 0 N–H and O–H groups in total. The van der Waals surface area contributed by atoms with Crippen molar-refractivity contribution in [2.45, 2.75) is 59.0 Å². The topological polar surface area (TPSA) is 58.7 Å². The van der Waals surface area contributed by atoms with Gasteiger partial charge in [-0.15, -0.1) is 0 Å². The molecule has 1 saturated heterocycles.